The third-order valence-corrected chi connectivity index (χ3v) is 4.91. The van der Waals surface area contributed by atoms with Gasteiger partial charge in [-0.2, -0.15) is 0 Å². The van der Waals surface area contributed by atoms with Crippen LogP contribution in [0, 0.1) is 0 Å². The molecule has 2 atom stereocenters. The Bertz CT molecular complexity index is 635. The predicted molar refractivity (Wildman–Crippen MR) is 106 cm³/mol. The molecule has 1 fully saturated rings. The second kappa shape index (κ2) is 9.69. The summed E-state index contributed by atoms with van der Waals surface area (Å²) in [5, 5.41) is 0. The number of rotatable bonds is 6. The van der Waals surface area contributed by atoms with E-state index in [9.17, 15) is 0 Å². The summed E-state index contributed by atoms with van der Waals surface area (Å²) in [6.45, 7) is 4.91. The molecule has 0 aromatic heterocycles. The Morgan fingerprint density at radius 2 is 1.96 bits per heavy atom. The number of nitrogens with zero attached hydrogens (tertiary/aromatic N) is 1. The minimum absolute atomic E-state index is 0. The lowest BCUT2D eigenvalue weighted by Crippen LogP contribution is -2.45. The fourth-order valence-corrected chi connectivity index (χ4v) is 3.41. The molecule has 25 heavy (non-hydrogen) atoms. The van der Waals surface area contributed by atoms with Crippen molar-refractivity contribution in [3.8, 4) is 5.75 Å². The minimum Gasteiger partial charge on any atom is -0.497 e. The fourth-order valence-electron chi connectivity index (χ4n) is 3.41. The van der Waals surface area contributed by atoms with Crippen LogP contribution in [0.3, 0.4) is 0 Å². The zero-order chi connectivity index (χ0) is 16.8. The van der Waals surface area contributed by atoms with Gasteiger partial charge in [-0.05, 0) is 48.6 Å². The summed E-state index contributed by atoms with van der Waals surface area (Å²) in [5.41, 5.74) is 2.65. The van der Waals surface area contributed by atoms with Gasteiger partial charge >= 0.3 is 0 Å². The van der Waals surface area contributed by atoms with Crippen LogP contribution in [0.1, 0.15) is 31.2 Å². The van der Waals surface area contributed by atoms with Crippen LogP contribution >= 0.6 is 12.4 Å². The van der Waals surface area contributed by atoms with Crippen molar-refractivity contribution in [2.45, 2.75) is 31.7 Å². The lowest BCUT2D eigenvalue weighted by molar-refractivity contribution is 0.0904. The molecule has 4 heteroatoms. The first-order chi connectivity index (χ1) is 11.8. The molecule has 1 aliphatic heterocycles. The molecule has 1 saturated heterocycles. The molecule has 3 rings (SSSR count). The second-order valence-electron chi connectivity index (χ2n) is 6.51. The van der Waals surface area contributed by atoms with Gasteiger partial charge in [-0.3, -0.25) is 0 Å². The Morgan fingerprint density at radius 3 is 2.72 bits per heavy atom. The third kappa shape index (κ3) is 5.13. The van der Waals surface area contributed by atoms with E-state index in [1.54, 1.807) is 7.11 Å². The van der Waals surface area contributed by atoms with Gasteiger partial charge in [0.1, 0.15) is 5.75 Å². The number of methoxy groups -OCH3 is 1. The number of benzene rings is 2. The van der Waals surface area contributed by atoms with Crippen molar-refractivity contribution in [1.82, 2.24) is 0 Å². The summed E-state index contributed by atoms with van der Waals surface area (Å²) in [4.78, 5) is 2.50. The summed E-state index contributed by atoms with van der Waals surface area (Å²) in [6, 6.07) is 19.6. The van der Waals surface area contributed by atoms with Gasteiger partial charge in [0.2, 0.25) is 0 Å². The van der Waals surface area contributed by atoms with Gasteiger partial charge in [0.05, 0.1) is 26.4 Å². The van der Waals surface area contributed by atoms with Crippen LogP contribution in [0.4, 0.5) is 5.69 Å². The second-order valence-corrected chi connectivity index (χ2v) is 6.51. The van der Waals surface area contributed by atoms with Crippen molar-refractivity contribution in [3.05, 3.63) is 60.2 Å². The molecule has 0 aliphatic carbocycles. The molecule has 0 saturated carbocycles. The molecule has 1 aliphatic rings. The predicted octanol–water partition coefficient (Wildman–Crippen LogP) is 4.91. The Balaban J connectivity index is 0.00000225. The number of halogens is 1. The van der Waals surface area contributed by atoms with Crippen LogP contribution in [0.2, 0.25) is 0 Å². The standard InChI is InChI=1S/C21H27NO2.ClH/c1-17(18-7-6-10-21(15-18)23-2)11-12-20-16-24-14-13-22(20)19-8-4-3-5-9-19;/h3-10,15,17,20H,11-14,16H2,1-2H3;1H/t17-,20?;/m0./s1. The van der Waals surface area contributed by atoms with Crippen molar-refractivity contribution < 1.29 is 9.47 Å². The van der Waals surface area contributed by atoms with E-state index < -0.39 is 0 Å². The summed E-state index contributed by atoms with van der Waals surface area (Å²) >= 11 is 0. The largest absolute Gasteiger partial charge is 0.497 e. The average Bonchev–Trinajstić information content (AvgIpc) is 2.67. The van der Waals surface area contributed by atoms with Crippen LogP contribution < -0.4 is 9.64 Å². The van der Waals surface area contributed by atoms with Crippen molar-refractivity contribution in [2.75, 3.05) is 31.8 Å². The van der Waals surface area contributed by atoms with Crippen molar-refractivity contribution in [1.29, 1.82) is 0 Å². The van der Waals surface area contributed by atoms with Crippen molar-refractivity contribution in [2.24, 2.45) is 0 Å². The number of morpholine rings is 1. The Labute approximate surface area is 157 Å². The highest BCUT2D eigenvalue weighted by Crippen LogP contribution is 2.28. The van der Waals surface area contributed by atoms with Gasteiger partial charge < -0.3 is 14.4 Å². The molecule has 0 radical (unpaired) electrons. The first-order valence-corrected chi connectivity index (χ1v) is 8.81. The molecule has 0 N–H and O–H groups in total. The Morgan fingerprint density at radius 1 is 1.16 bits per heavy atom. The molecule has 1 heterocycles. The van der Waals surface area contributed by atoms with E-state index in [-0.39, 0.29) is 12.4 Å². The van der Waals surface area contributed by atoms with Gasteiger partial charge in [-0.1, -0.05) is 37.3 Å². The highest BCUT2D eigenvalue weighted by molar-refractivity contribution is 5.85. The molecule has 2 aromatic rings. The Kier molecular flexibility index (Phi) is 7.60. The van der Waals surface area contributed by atoms with Gasteiger partial charge in [0.25, 0.3) is 0 Å². The van der Waals surface area contributed by atoms with Gasteiger partial charge in [-0.15, -0.1) is 12.4 Å². The number of hydrogen-bond acceptors (Lipinski definition) is 3. The van der Waals surface area contributed by atoms with Crippen LogP contribution in [0.15, 0.2) is 54.6 Å². The minimum atomic E-state index is 0. The van der Waals surface area contributed by atoms with E-state index in [2.05, 4.69) is 60.4 Å². The van der Waals surface area contributed by atoms with E-state index in [0.29, 0.717) is 12.0 Å². The zero-order valence-electron chi connectivity index (χ0n) is 15.1. The summed E-state index contributed by atoms with van der Waals surface area (Å²) in [7, 11) is 1.72. The number of para-hydroxylation sites is 1. The summed E-state index contributed by atoms with van der Waals surface area (Å²) in [6.07, 6.45) is 2.28. The maximum Gasteiger partial charge on any atom is 0.119 e. The molecule has 0 spiro atoms. The Hall–Kier alpha value is -1.71. The molecule has 3 nitrogen and oxygen atoms in total. The van der Waals surface area contributed by atoms with E-state index in [4.69, 9.17) is 9.47 Å². The topological polar surface area (TPSA) is 21.7 Å². The quantitative estimate of drug-likeness (QED) is 0.730. The van der Waals surface area contributed by atoms with Crippen LogP contribution in [-0.2, 0) is 4.74 Å². The monoisotopic (exact) mass is 361 g/mol. The van der Waals surface area contributed by atoms with E-state index in [1.807, 2.05) is 6.07 Å². The fraction of sp³-hybridized carbons (Fsp3) is 0.429. The number of ether oxygens (including phenoxy) is 2. The lowest BCUT2D eigenvalue weighted by atomic mass is 9.93. The van der Waals surface area contributed by atoms with Crippen LogP contribution in [-0.4, -0.2) is 32.9 Å². The zero-order valence-corrected chi connectivity index (χ0v) is 15.9. The number of anilines is 1. The number of hydrogen-bond donors (Lipinski definition) is 0. The summed E-state index contributed by atoms with van der Waals surface area (Å²) < 4.78 is 11.1. The molecular formula is C21H28ClNO2. The van der Waals surface area contributed by atoms with Crippen LogP contribution in [0.25, 0.3) is 0 Å². The van der Waals surface area contributed by atoms with Gasteiger partial charge in [0.15, 0.2) is 0 Å². The first kappa shape index (κ1) is 19.6. The van der Waals surface area contributed by atoms with E-state index in [0.717, 1.165) is 38.3 Å². The molecule has 2 aromatic carbocycles. The molecular weight excluding hydrogens is 334 g/mol. The average molecular weight is 362 g/mol. The van der Waals surface area contributed by atoms with Crippen LogP contribution in [0.5, 0.6) is 5.75 Å². The maximum absolute atomic E-state index is 5.75. The van der Waals surface area contributed by atoms with Crippen molar-refractivity contribution >= 4 is 18.1 Å². The van der Waals surface area contributed by atoms with E-state index >= 15 is 0 Å². The molecule has 1 unspecified atom stereocenters. The summed E-state index contributed by atoms with van der Waals surface area (Å²) in [5.74, 6) is 1.45. The first-order valence-electron chi connectivity index (χ1n) is 8.81. The van der Waals surface area contributed by atoms with Gasteiger partial charge in [0, 0.05) is 12.2 Å². The molecule has 0 bridgehead atoms. The lowest BCUT2D eigenvalue weighted by Gasteiger charge is -2.38. The highest BCUT2D eigenvalue weighted by atomic mass is 35.5. The normalized spacial score (nSPS) is 18.3. The highest BCUT2D eigenvalue weighted by Gasteiger charge is 2.23. The van der Waals surface area contributed by atoms with Crippen molar-refractivity contribution in [3.63, 3.8) is 0 Å². The van der Waals surface area contributed by atoms with E-state index in [1.165, 1.54) is 11.3 Å². The maximum atomic E-state index is 5.75. The van der Waals surface area contributed by atoms with Gasteiger partial charge in [-0.25, -0.2) is 0 Å². The molecule has 136 valence electrons. The third-order valence-electron chi connectivity index (χ3n) is 4.91. The SMILES string of the molecule is COc1cccc([C@@H](C)CCC2COCCN2c2ccccc2)c1.Cl. The smallest absolute Gasteiger partial charge is 0.119 e. The molecule has 0 amide bonds.